The molecule has 0 saturated heterocycles. The lowest BCUT2D eigenvalue weighted by Crippen LogP contribution is -2.46. The second-order valence-corrected chi connectivity index (χ2v) is 4.94. The van der Waals surface area contributed by atoms with Crippen molar-refractivity contribution in [1.29, 1.82) is 0 Å². The number of aryl methyl sites for hydroxylation is 1. The van der Waals surface area contributed by atoms with Crippen LogP contribution in [0.25, 0.3) is 0 Å². The number of likely N-dealkylation sites (N-methyl/N-ethyl adjacent to an activating group) is 1. The highest BCUT2D eigenvalue weighted by molar-refractivity contribution is 5.48. The fourth-order valence-corrected chi connectivity index (χ4v) is 2.46. The molecule has 1 fully saturated rings. The summed E-state index contributed by atoms with van der Waals surface area (Å²) in [6, 6.07) is 9.23. The summed E-state index contributed by atoms with van der Waals surface area (Å²) in [5.74, 6) is 0.802. The zero-order chi connectivity index (χ0) is 11.5. The third-order valence-electron chi connectivity index (χ3n) is 3.87. The minimum absolute atomic E-state index is 0.511. The van der Waals surface area contributed by atoms with E-state index in [0.29, 0.717) is 6.04 Å². The van der Waals surface area contributed by atoms with Gasteiger partial charge in [-0.2, -0.15) is 0 Å². The van der Waals surface area contributed by atoms with Crippen molar-refractivity contribution < 1.29 is 0 Å². The summed E-state index contributed by atoms with van der Waals surface area (Å²) >= 11 is 0. The maximum absolute atomic E-state index is 5.91. The molecule has 0 heterocycles. The van der Waals surface area contributed by atoms with E-state index in [1.807, 2.05) is 0 Å². The Balaban J connectivity index is 2.09. The normalized spacial score (nSPS) is 17.9. The first kappa shape index (κ1) is 11.5. The van der Waals surface area contributed by atoms with E-state index >= 15 is 0 Å². The van der Waals surface area contributed by atoms with Gasteiger partial charge in [-0.05, 0) is 37.8 Å². The van der Waals surface area contributed by atoms with E-state index in [9.17, 15) is 0 Å². The summed E-state index contributed by atoms with van der Waals surface area (Å²) < 4.78 is 0. The van der Waals surface area contributed by atoms with Crippen molar-refractivity contribution in [3.05, 3.63) is 29.8 Å². The number of benzene rings is 1. The first-order chi connectivity index (χ1) is 7.72. The quantitative estimate of drug-likeness (QED) is 0.841. The Bertz CT molecular complexity index is 327. The van der Waals surface area contributed by atoms with E-state index < -0.39 is 0 Å². The van der Waals surface area contributed by atoms with Gasteiger partial charge in [0.25, 0.3) is 0 Å². The Kier molecular flexibility index (Phi) is 3.49. The fraction of sp³-hybridized carbons (Fsp3) is 0.571. The number of hydrogen-bond acceptors (Lipinski definition) is 2. The molecule has 0 bridgehead atoms. The molecule has 1 unspecified atom stereocenters. The maximum Gasteiger partial charge on any atom is 0.0437 e. The molecular formula is C14H22N2. The van der Waals surface area contributed by atoms with Crippen molar-refractivity contribution >= 4 is 5.69 Å². The first-order valence-corrected chi connectivity index (χ1v) is 6.22. The molecule has 2 rings (SSSR count). The van der Waals surface area contributed by atoms with E-state index in [0.717, 1.165) is 12.5 Å². The van der Waals surface area contributed by atoms with Gasteiger partial charge in [0.1, 0.15) is 0 Å². The fourth-order valence-electron chi connectivity index (χ4n) is 2.46. The molecule has 0 spiro atoms. The molecule has 0 radical (unpaired) electrons. The van der Waals surface area contributed by atoms with Crippen molar-refractivity contribution in [2.24, 2.45) is 11.7 Å². The SMILES string of the molecule is Cc1ccc(N(C)C(CN)C2CCC2)cc1. The van der Waals surface area contributed by atoms with Crippen molar-refractivity contribution in [2.75, 3.05) is 18.5 Å². The van der Waals surface area contributed by atoms with Gasteiger partial charge in [0.05, 0.1) is 0 Å². The summed E-state index contributed by atoms with van der Waals surface area (Å²) in [5, 5.41) is 0. The highest BCUT2D eigenvalue weighted by Gasteiger charge is 2.29. The third kappa shape index (κ3) is 2.22. The largest absolute Gasteiger partial charge is 0.370 e. The highest BCUT2D eigenvalue weighted by atomic mass is 15.1. The molecule has 1 aliphatic rings. The minimum Gasteiger partial charge on any atom is -0.370 e. The van der Waals surface area contributed by atoms with Gasteiger partial charge in [0, 0.05) is 25.3 Å². The molecular weight excluding hydrogens is 196 g/mol. The first-order valence-electron chi connectivity index (χ1n) is 6.22. The summed E-state index contributed by atoms with van der Waals surface area (Å²) in [6.45, 7) is 2.88. The van der Waals surface area contributed by atoms with Gasteiger partial charge in [-0.25, -0.2) is 0 Å². The van der Waals surface area contributed by atoms with Gasteiger partial charge in [-0.1, -0.05) is 24.1 Å². The Morgan fingerprint density at radius 2 is 1.94 bits per heavy atom. The van der Waals surface area contributed by atoms with Gasteiger partial charge in [-0.15, -0.1) is 0 Å². The number of nitrogens with zero attached hydrogens (tertiary/aromatic N) is 1. The zero-order valence-corrected chi connectivity index (χ0v) is 10.3. The molecule has 2 N–H and O–H groups in total. The molecule has 1 aliphatic carbocycles. The van der Waals surface area contributed by atoms with E-state index in [-0.39, 0.29) is 0 Å². The number of hydrogen-bond donors (Lipinski definition) is 1. The van der Waals surface area contributed by atoms with E-state index in [1.165, 1.54) is 30.5 Å². The Labute approximate surface area is 98.4 Å². The van der Waals surface area contributed by atoms with Crippen molar-refractivity contribution in [3.63, 3.8) is 0 Å². The Morgan fingerprint density at radius 3 is 2.38 bits per heavy atom. The van der Waals surface area contributed by atoms with Crippen LogP contribution in [0.1, 0.15) is 24.8 Å². The van der Waals surface area contributed by atoms with Crippen molar-refractivity contribution in [1.82, 2.24) is 0 Å². The third-order valence-corrected chi connectivity index (χ3v) is 3.87. The van der Waals surface area contributed by atoms with Crippen LogP contribution in [0.3, 0.4) is 0 Å². The molecule has 1 saturated carbocycles. The second kappa shape index (κ2) is 4.88. The Hall–Kier alpha value is -1.02. The standard InChI is InChI=1S/C14H22N2/c1-11-6-8-13(9-7-11)16(2)14(10-15)12-4-3-5-12/h6-9,12,14H,3-5,10,15H2,1-2H3. The smallest absolute Gasteiger partial charge is 0.0437 e. The van der Waals surface area contributed by atoms with Crippen LogP contribution in [0.15, 0.2) is 24.3 Å². The molecule has 1 aromatic carbocycles. The molecule has 16 heavy (non-hydrogen) atoms. The summed E-state index contributed by atoms with van der Waals surface area (Å²) in [5.41, 5.74) is 8.51. The average molecular weight is 218 g/mol. The predicted octanol–water partition coefficient (Wildman–Crippen LogP) is 2.56. The molecule has 1 aromatic rings. The highest BCUT2D eigenvalue weighted by Crippen LogP contribution is 2.33. The maximum atomic E-state index is 5.91. The van der Waals surface area contributed by atoms with Gasteiger partial charge in [-0.3, -0.25) is 0 Å². The van der Waals surface area contributed by atoms with E-state index in [1.54, 1.807) is 0 Å². The number of anilines is 1. The minimum atomic E-state index is 0.511. The van der Waals surface area contributed by atoms with Crippen LogP contribution in [0.4, 0.5) is 5.69 Å². The van der Waals surface area contributed by atoms with Crippen LogP contribution in [0.2, 0.25) is 0 Å². The molecule has 2 heteroatoms. The van der Waals surface area contributed by atoms with Crippen LogP contribution in [0.5, 0.6) is 0 Å². The van der Waals surface area contributed by atoms with Crippen LogP contribution in [0, 0.1) is 12.8 Å². The van der Waals surface area contributed by atoms with Crippen LogP contribution < -0.4 is 10.6 Å². The average Bonchev–Trinajstić information content (AvgIpc) is 2.23. The zero-order valence-electron chi connectivity index (χ0n) is 10.3. The summed E-state index contributed by atoms with van der Waals surface area (Å²) in [4.78, 5) is 2.35. The van der Waals surface area contributed by atoms with Gasteiger partial charge >= 0.3 is 0 Å². The molecule has 1 atom stereocenters. The van der Waals surface area contributed by atoms with Crippen molar-refractivity contribution in [2.45, 2.75) is 32.2 Å². The summed E-state index contributed by atoms with van der Waals surface area (Å²) in [7, 11) is 2.17. The van der Waals surface area contributed by atoms with Gasteiger partial charge in [0.15, 0.2) is 0 Å². The van der Waals surface area contributed by atoms with E-state index in [2.05, 4.69) is 43.1 Å². The lowest BCUT2D eigenvalue weighted by Gasteiger charge is -2.40. The molecule has 0 aliphatic heterocycles. The van der Waals surface area contributed by atoms with E-state index in [4.69, 9.17) is 5.73 Å². The van der Waals surface area contributed by atoms with Crippen LogP contribution in [-0.4, -0.2) is 19.6 Å². The topological polar surface area (TPSA) is 29.3 Å². The van der Waals surface area contributed by atoms with Crippen LogP contribution in [-0.2, 0) is 0 Å². The molecule has 2 nitrogen and oxygen atoms in total. The monoisotopic (exact) mass is 218 g/mol. The summed E-state index contributed by atoms with van der Waals surface area (Å²) in [6.07, 6.45) is 4.07. The molecule has 0 aromatic heterocycles. The Morgan fingerprint density at radius 1 is 1.31 bits per heavy atom. The molecule has 0 amide bonds. The lowest BCUT2D eigenvalue weighted by molar-refractivity contribution is 0.260. The second-order valence-electron chi connectivity index (χ2n) is 4.94. The lowest BCUT2D eigenvalue weighted by atomic mass is 9.79. The number of nitrogens with two attached hydrogens (primary N) is 1. The van der Waals surface area contributed by atoms with Crippen molar-refractivity contribution in [3.8, 4) is 0 Å². The molecule has 88 valence electrons. The number of rotatable bonds is 4. The predicted molar refractivity (Wildman–Crippen MR) is 69.8 cm³/mol. The van der Waals surface area contributed by atoms with Crippen LogP contribution >= 0.6 is 0 Å². The van der Waals surface area contributed by atoms with Gasteiger partial charge in [0.2, 0.25) is 0 Å². The van der Waals surface area contributed by atoms with Gasteiger partial charge < -0.3 is 10.6 Å².